The summed E-state index contributed by atoms with van der Waals surface area (Å²) in [6.07, 6.45) is 1.56. The molecule has 2 aromatic carbocycles. The third-order valence-electron chi connectivity index (χ3n) is 3.58. The Kier molecular flexibility index (Phi) is 3.16. The van der Waals surface area contributed by atoms with E-state index >= 15 is 0 Å². The average Bonchev–Trinajstić information content (AvgIpc) is 3.23. The summed E-state index contributed by atoms with van der Waals surface area (Å²) in [5.41, 5.74) is 3.31. The number of aromatic hydroxyl groups is 1. The highest BCUT2D eigenvalue weighted by atomic mass is 16.3. The van der Waals surface area contributed by atoms with E-state index in [9.17, 15) is 5.11 Å². The summed E-state index contributed by atoms with van der Waals surface area (Å²) in [6, 6.07) is 19.2. The van der Waals surface area contributed by atoms with Gasteiger partial charge in [0.25, 0.3) is 0 Å². The molecule has 0 radical (unpaired) electrons. The Morgan fingerprint density at radius 3 is 2.22 bits per heavy atom. The smallest absolute Gasteiger partial charge is 0.248 e. The summed E-state index contributed by atoms with van der Waals surface area (Å²) in [6.45, 7) is 0. The normalized spacial score (nSPS) is 10.8. The third-order valence-corrected chi connectivity index (χ3v) is 3.58. The molecule has 0 saturated heterocycles. The van der Waals surface area contributed by atoms with E-state index in [2.05, 4.69) is 15.2 Å². The SMILES string of the molecule is Oc1c(-c2ccccc2)n[nH]c1-c1nc(-c2ccccc2)co1. The Morgan fingerprint density at radius 1 is 0.870 bits per heavy atom. The Labute approximate surface area is 132 Å². The zero-order chi connectivity index (χ0) is 15.6. The summed E-state index contributed by atoms with van der Waals surface area (Å²) >= 11 is 0. The van der Waals surface area contributed by atoms with Crippen LogP contribution >= 0.6 is 0 Å². The molecule has 0 aliphatic carbocycles. The highest BCUT2D eigenvalue weighted by molar-refractivity contribution is 5.75. The van der Waals surface area contributed by atoms with Gasteiger partial charge in [-0.1, -0.05) is 60.7 Å². The summed E-state index contributed by atoms with van der Waals surface area (Å²) in [5.74, 6) is 0.327. The van der Waals surface area contributed by atoms with Crippen molar-refractivity contribution in [3.63, 3.8) is 0 Å². The van der Waals surface area contributed by atoms with E-state index in [1.165, 1.54) is 0 Å². The molecule has 23 heavy (non-hydrogen) atoms. The number of hydrogen-bond donors (Lipinski definition) is 2. The van der Waals surface area contributed by atoms with Crippen LogP contribution in [-0.2, 0) is 0 Å². The van der Waals surface area contributed by atoms with Gasteiger partial charge < -0.3 is 9.52 Å². The molecule has 0 atom stereocenters. The second-order valence-corrected chi connectivity index (χ2v) is 5.07. The monoisotopic (exact) mass is 303 g/mol. The van der Waals surface area contributed by atoms with E-state index in [-0.39, 0.29) is 5.75 Å². The van der Waals surface area contributed by atoms with Crippen molar-refractivity contribution in [1.29, 1.82) is 0 Å². The molecule has 0 saturated carbocycles. The Balaban J connectivity index is 1.73. The van der Waals surface area contributed by atoms with E-state index in [0.29, 0.717) is 23.0 Å². The van der Waals surface area contributed by atoms with Gasteiger partial charge in [-0.05, 0) is 0 Å². The van der Waals surface area contributed by atoms with Gasteiger partial charge in [0.15, 0.2) is 11.4 Å². The fraction of sp³-hybridized carbons (Fsp3) is 0. The molecule has 2 N–H and O–H groups in total. The lowest BCUT2D eigenvalue weighted by Gasteiger charge is -1.97. The molecule has 0 unspecified atom stereocenters. The third kappa shape index (κ3) is 2.38. The maximum atomic E-state index is 10.4. The van der Waals surface area contributed by atoms with Crippen molar-refractivity contribution in [2.75, 3.05) is 0 Å². The van der Waals surface area contributed by atoms with Crippen molar-refractivity contribution in [2.45, 2.75) is 0 Å². The van der Waals surface area contributed by atoms with Gasteiger partial charge in [-0.3, -0.25) is 5.10 Å². The van der Waals surface area contributed by atoms with Gasteiger partial charge in [-0.2, -0.15) is 5.10 Å². The summed E-state index contributed by atoms with van der Waals surface area (Å²) in [7, 11) is 0. The molecule has 0 fully saturated rings. The first kappa shape index (κ1) is 13.3. The number of rotatable bonds is 3. The van der Waals surface area contributed by atoms with Gasteiger partial charge in [-0.15, -0.1) is 0 Å². The van der Waals surface area contributed by atoms with Crippen molar-refractivity contribution in [1.82, 2.24) is 15.2 Å². The van der Waals surface area contributed by atoms with Crippen molar-refractivity contribution >= 4 is 0 Å². The van der Waals surface area contributed by atoms with Crippen LogP contribution in [0.15, 0.2) is 71.3 Å². The number of nitrogens with zero attached hydrogens (tertiary/aromatic N) is 2. The lowest BCUT2D eigenvalue weighted by molar-refractivity contribution is 0.475. The first-order valence-corrected chi connectivity index (χ1v) is 7.17. The Hall–Kier alpha value is -3.34. The molecular weight excluding hydrogens is 290 g/mol. The lowest BCUT2D eigenvalue weighted by Crippen LogP contribution is -1.80. The first-order valence-electron chi connectivity index (χ1n) is 7.17. The molecule has 0 aliphatic rings. The van der Waals surface area contributed by atoms with E-state index in [1.54, 1.807) is 6.26 Å². The van der Waals surface area contributed by atoms with Gasteiger partial charge in [0, 0.05) is 11.1 Å². The largest absolute Gasteiger partial charge is 0.504 e. The molecule has 4 aromatic rings. The van der Waals surface area contributed by atoms with Crippen LogP contribution in [0.4, 0.5) is 0 Å². The minimum Gasteiger partial charge on any atom is -0.504 e. The molecule has 0 aliphatic heterocycles. The molecule has 112 valence electrons. The highest BCUT2D eigenvalue weighted by Crippen LogP contribution is 2.36. The highest BCUT2D eigenvalue weighted by Gasteiger charge is 2.19. The maximum absolute atomic E-state index is 10.4. The topological polar surface area (TPSA) is 74.9 Å². The lowest BCUT2D eigenvalue weighted by atomic mass is 10.1. The van der Waals surface area contributed by atoms with E-state index in [1.807, 2.05) is 60.7 Å². The molecule has 0 spiro atoms. The van der Waals surface area contributed by atoms with Crippen LogP contribution in [0.2, 0.25) is 0 Å². The van der Waals surface area contributed by atoms with E-state index < -0.39 is 0 Å². The molecule has 2 heterocycles. The van der Waals surface area contributed by atoms with Gasteiger partial charge in [0.1, 0.15) is 17.7 Å². The molecule has 4 rings (SSSR count). The van der Waals surface area contributed by atoms with Gasteiger partial charge in [0.05, 0.1) is 0 Å². The molecule has 0 bridgehead atoms. The maximum Gasteiger partial charge on any atom is 0.248 e. The van der Waals surface area contributed by atoms with Crippen molar-refractivity contribution < 1.29 is 9.52 Å². The van der Waals surface area contributed by atoms with E-state index in [4.69, 9.17) is 4.42 Å². The van der Waals surface area contributed by atoms with Gasteiger partial charge in [0.2, 0.25) is 5.89 Å². The molecule has 2 aromatic heterocycles. The number of nitrogens with one attached hydrogen (secondary N) is 1. The van der Waals surface area contributed by atoms with Crippen LogP contribution in [0.1, 0.15) is 0 Å². The second-order valence-electron chi connectivity index (χ2n) is 5.07. The van der Waals surface area contributed by atoms with Gasteiger partial charge in [-0.25, -0.2) is 4.98 Å². The number of aromatic amines is 1. The molecule has 5 nitrogen and oxygen atoms in total. The minimum atomic E-state index is 0.0256. The van der Waals surface area contributed by atoms with Crippen LogP contribution in [-0.4, -0.2) is 20.3 Å². The van der Waals surface area contributed by atoms with Crippen molar-refractivity contribution in [3.05, 3.63) is 66.9 Å². The molecule has 0 amide bonds. The minimum absolute atomic E-state index is 0.0256. The predicted octanol–water partition coefficient (Wildman–Crippen LogP) is 4.10. The predicted molar refractivity (Wildman–Crippen MR) is 86.6 cm³/mol. The molecule has 5 heteroatoms. The van der Waals surface area contributed by atoms with Crippen molar-refractivity contribution in [2.24, 2.45) is 0 Å². The quantitative estimate of drug-likeness (QED) is 0.597. The Bertz CT molecular complexity index is 927. The second kappa shape index (κ2) is 5.46. The van der Waals surface area contributed by atoms with E-state index in [0.717, 1.165) is 11.1 Å². The van der Waals surface area contributed by atoms with Crippen molar-refractivity contribution in [3.8, 4) is 39.8 Å². The standard InChI is InChI=1S/C18H13N3O2/c22-17-15(13-9-5-2-6-10-13)20-21-16(17)18-19-14(11-23-18)12-7-3-1-4-8-12/h1-11,22H,(H,20,21). The van der Waals surface area contributed by atoms with Crippen LogP contribution in [0.3, 0.4) is 0 Å². The fourth-order valence-corrected chi connectivity index (χ4v) is 2.41. The molecular formula is C18H13N3O2. The Morgan fingerprint density at radius 2 is 1.52 bits per heavy atom. The van der Waals surface area contributed by atoms with Crippen LogP contribution in [0, 0.1) is 0 Å². The first-order chi connectivity index (χ1) is 11.3. The van der Waals surface area contributed by atoms with Gasteiger partial charge >= 0.3 is 0 Å². The average molecular weight is 303 g/mol. The zero-order valence-electron chi connectivity index (χ0n) is 12.1. The summed E-state index contributed by atoms with van der Waals surface area (Å²) in [4.78, 5) is 4.42. The summed E-state index contributed by atoms with van der Waals surface area (Å²) < 4.78 is 5.49. The fourth-order valence-electron chi connectivity index (χ4n) is 2.41. The number of benzene rings is 2. The summed E-state index contributed by atoms with van der Waals surface area (Å²) in [5, 5.41) is 17.4. The number of aromatic nitrogens is 3. The number of oxazole rings is 1. The van der Waals surface area contributed by atoms with Crippen LogP contribution < -0.4 is 0 Å². The zero-order valence-corrected chi connectivity index (χ0v) is 12.1. The van der Waals surface area contributed by atoms with Crippen LogP contribution in [0.25, 0.3) is 34.1 Å². The van der Waals surface area contributed by atoms with Crippen LogP contribution in [0.5, 0.6) is 5.75 Å². The number of H-pyrrole nitrogens is 1. The number of hydrogen-bond acceptors (Lipinski definition) is 4.